The fourth-order valence-corrected chi connectivity index (χ4v) is 1.77. The summed E-state index contributed by atoms with van der Waals surface area (Å²) in [6.45, 7) is 4.43. The van der Waals surface area contributed by atoms with Crippen molar-refractivity contribution in [3.63, 3.8) is 0 Å². The van der Waals surface area contributed by atoms with Gasteiger partial charge in [0.05, 0.1) is 0 Å². The second-order valence-electron chi connectivity index (χ2n) is 4.47. The number of hydrogen-bond acceptors (Lipinski definition) is 2. The van der Waals surface area contributed by atoms with Crippen molar-refractivity contribution in [1.82, 2.24) is 10.3 Å². The maximum atomic E-state index is 11.8. The zero-order valence-corrected chi connectivity index (χ0v) is 11.1. The van der Waals surface area contributed by atoms with Gasteiger partial charge >= 0.3 is 6.03 Å². The standard InChI is InChI=1S/C15H17N3O/c1-11-5-3-7-13(9-11)10-17-15(19)18-14-12(2)6-4-8-16-14/h3-9H,10H2,1-2H3,(H2,16,17,18,19). The van der Waals surface area contributed by atoms with Crippen LogP contribution in [0.4, 0.5) is 10.6 Å². The number of rotatable bonds is 3. The van der Waals surface area contributed by atoms with Gasteiger partial charge in [-0.3, -0.25) is 5.32 Å². The van der Waals surface area contributed by atoms with Crippen molar-refractivity contribution in [3.05, 3.63) is 59.3 Å². The Morgan fingerprint density at radius 1 is 1.21 bits per heavy atom. The molecule has 2 rings (SSSR count). The van der Waals surface area contributed by atoms with E-state index in [4.69, 9.17) is 0 Å². The molecule has 98 valence electrons. The van der Waals surface area contributed by atoms with Crippen LogP contribution in [0.2, 0.25) is 0 Å². The Morgan fingerprint density at radius 3 is 2.79 bits per heavy atom. The largest absolute Gasteiger partial charge is 0.334 e. The summed E-state index contributed by atoms with van der Waals surface area (Å²) in [7, 11) is 0. The molecular weight excluding hydrogens is 238 g/mol. The molecular formula is C15H17N3O. The second-order valence-corrected chi connectivity index (χ2v) is 4.47. The first-order chi connectivity index (χ1) is 9.15. The number of hydrogen-bond donors (Lipinski definition) is 2. The summed E-state index contributed by atoms with van der Waals surface area (Å²) in [5.41, 5.74) is 3.20. The molecule has 0 spiro atoms. The molecule has 2 amide bonds. The van der Waals surface area contributed by atoms with E-state index in [1.165, 1.54) is 5.56 Å². The maximum Gasteiger partial charge on any atom is 0.320 e. The molecule has 0 radical (unpaired) electrons. The van der Waals surface area contributed by atoms with Crippen LogP contribution in [0.1, 0.15) is 16.7 Å². The third-order valence-corrected chi connectivity index (χ3v) is 2.78. The van der Waals surface area contributed by atoms with Crippen LogP contribution in [0.5, 0.6) is 0 Å². The maximum absolute atomic E-state index is 11.8. The van der Waals surface area contributed by atoms with Gasteiger partial charge in [-0.1, -0.05) is 35.9 Å². The van der Waals surface area contributed by atoms with E-state index in [0.29, 0.717) is 12.4 Å². The third-order valence-electron chi connectivity index (χ3n) is 2.78. The van der Waals surface area contributed by atoms with E-state index in [0.717, 1.165) is 11.1 Å². The summed E-state index contributed by atoms with van der Waals surface area (Å²) in [6, 6.07) is 11.5. The lowest BCUT2D eigenvalue weighted by atomic mass is 10.1. The summed E-state index contributed by atoms with van der Waals surface area (Å²) in [4.78, 5) is 15.9. The van der Waals surface area contributed by atoms with Gasteiger partial charge in [0.2, 0.25) is 0 Å². The normalized spacial score (nSPS) is 10.0. The smallest absolute Gasteiger partial charge is 0.320 e. The first kappa shape index (κ1) is 13.1. The highest BCUT2D eigenvalue weighted by molar-refractivity contribution is 5.88. The minimum absolute atomic E-state index is 0.247. The van der Waals surface area contributed by atoms with Gasteiger partial charge in [-0.2, -0.15) is 0 Å². The van der Waals surface area contributed by atoms with Crippen molar-refractivity contribution < 1.29 is 4.79 Å². The summed E-state index contributed by atoms with van der Waals surface area (Å²) in [5.74, 6) is 0.587. The van der Waals surface area contributed by atoms with Crippen molar-refractivity contribution in [2.45, 2.75) is 20.4 Å². The van der Waals surface area contributed by atoms with E-state index in [1.807, 2.05) is 50.2 Å². The molecule has 0 bridgehead atoms. The number of aryl methyl sites for hydroxylation is 2. The quantitative estimate of drug-likeness (QED) is 0.885. The first-order valence-electron chi connectivity index (χ1n) is 6.17. The Hall–Kier alpha value is -2.36. The predicted molar refractivity (Wildman–Crippen MR) is 76.0 cm³/mol. The summed E-state index contributed by atoms with van der Waals surface area (Å²) < 4.78 is 0. The Balaban J connectivity index is 1.90. The molecule has 0 saturated heterocycles. The predicted octanol–water partition coefficient (Wildman–Crippen LogP) is 3.02. The lowest BCUT2D eigenvalue weighted by Gasteiger charge is -2.09. The van der Waals surface area contributed by atoms with Crippen LogP contribution in [0.15, 0.2) is 42.6 Å². The van der Waals surface area contributed by atoms with E-state index >= 15 is 0 Å². The fourth-order valence-electron chi connectivity index (χ4n) is 1.77. The third kappa shape index (κ3) is 3.81. The SMILES string of the molecule is Cc1cccc(CNC(=O)Nc2ncccc2C)c1. The molecule has 2 N–H and O–H groups in total. The van der Waals surface area contributed by atoms with Crippen LogP contribution in [-0.4, -0.2) is 11.0 Å². The van der Waals surface area contributed by atoms with Gasteiger partial charge in [0, 0.05) is 12.7 Å². The summed E-state index contributed by atoms with van der Waals surface area (Å²) in [6.07, 6.45) is 1.66. The molecule has 0 unspecified atom stereocenters. The number of carbonyl (C=O) groups is 1. The molecule has 2 aromatic rings. The summed E-state index contributed by atoms with van der Waals surface area (Å²) >= 11 is 0. The second kappa shape index (κ2) is 6.00. The van der Waals surface area contributed by atoms with Crippen molar-refractivity contribution in [1.29, 1.82) is 0 Å². The molecule has 0 aliphatic rings. The van der Waals surface area contributed by atoms with E-state index in [1.54, 1.807) is 6.20 Å². The van der Waals surface area contributed by atoms with Gasteiger partial charge in [0.25, 0.3) is 0 Å². The highest BCUT2D eigenvalue weighted by Gasteiger charge is 2.04. The number of anilines is 1. The molecule has 0 aliphatic carbocycles. The van der Waals surface area contributed by atoms with E-state index in [-0.39, 0.29) is 6.03 Å². The van der Waals surface area contributed by atoms with Crippen LogP contribution >= 0.6 is 0 Å². The summed E-state index contributed by atoms with van der Waals surface area (Å²) in [5, 5.41) is 5.55. The first-order valence-corrected chi connectivity index (χ1v) is 6.17. The minimum Gasteiger partial charge on any atom is -0.334 e. The zero-order valence-electron chi connectivity index (χ0n) is 11.1. The minimum atomic E-state index is -0.247. The molecule has 0 atom stereocenters. The lowest BCUT2D eigenvalue weighted by Crippen LogP contribution is -2.28. The number of urea groups is 1. The molecule has 0 saturated carbocycles. The molecule has 0 fully saturated rings. The van der Waals surface area contributed by atoms with E-state index in [2.05, 4.69) is 15.6 Å². The van der Waals surface area contributed by atoms with Gasteiger partial charge in [0.1, 0.15) is 5.82 Å². The van der Waals surface area contributed by atoms with Gasteiger partial charge in [0.15, 0.2) is 0 Å². The Bertz CT molecular complexity index is 581. The average molecular weight is 255 g/mol. The molecule has 1 aromatic carbocycles. The number of carbonyl (C=O) groups excluding carboxylic acids is 1. The van der Waals surface area contributed by atoms with Crippen LogP contribution in [0.25, 0.3) is 0 Å². The van der Waals surface area contributed by atoms with Crippen LogP contribution in [0.3, 0.4) is 0 Å². The number of pyridine rings is 1. The number of nitrogens with one attached hydrogen (secondary N) is 2. The van der Waals surface area contributed by atoms with Crippen LogP contribution < -0.4 is 10.6 Å². The number of benzene rings is 1. The van der Waals surface area contributed by atoms with Crippen molar-refractivity contribution in [3.8, 4) is 0 Å². The average Bonchev–Trinajstić information content (AvgIpc) is 2.39. The number of aromatic nitrogens is 1. The van der Waals surface area contributed by atoms with Gasteiger partial charge in [-0.15, -0.1) is 0 Å². The highest BCUT2D eigenvalue weighted by Crippen LogP contribution is 2.09. The Kier molecular flexibility index (Phi) is 4.13. The van der Waals surface area contributed by atoms with Crippen molar-refractivity contribution in [2.24, 2.45) is 0 Å². The molecule has 4 nitrogen and oxygen atoms in total. The molecule has 1 heterocycles. The van der Waals surface area contributed by atoms with E-state index < -0.39 is 0 Å². The van der Waals surface area contributed by atoms with E-state index in [9.17, 15) is 4.79 Å². The highest BCUT2D eigenvalue weighted by atomic mass is 16.2. The fraction of sp³-hybridized carbons (Fsp3) is 0.200. The molecule has 19 heavy (non-hydrogen) atoms. The van der Waals surface area contributed by atoms with Gasteiger partial charge in [-0.05, 0) is 31.0 Å². The topological polar surface area (TPSA) is 54.0 Å². The molecule has 4 heteroatoms. The van der Waals surface area contributed by atoms with Gasteiger partial charge < -0.3 is 5.32 Å². The zero-order chi connectivity index (χ0) is 13.7. The Morgan fingerprint density at radius 2 is 2.05 bits per heavy atom. The monoisotopic (exact) mass is 255 g/mol. The number of amides is 2. The number of nitrogens with zero attached hydrogens (tertiary/aromatic N) is 1. The Labute approximate surface area is 112 Å². The molecule has 1 aromatic heterocycles. The van der Waals surface area contributed by atoms with Crippen LogP contribution in [0, 0.1) is 13.8 Å². The van der Waals surface area contributed by atoms with Crippen LogP contribution in [-0.2, 0) is 6.54 Å². The van der Waals surface area contributed by atoms with Crippen molar-refractivity contribution >= 4 is 11.8 Å². The van der Waals surface area contributed by atoms with Crippen molar-refractivity contribution in [2.75, 3.05) is 5.32 Å². The molecule has 0 aliphatic heterocycles. The lowest BCUT2D eigenvalue weighted by molar-refractivity contribution is 0.251. The van der Waals surface area contributed by atoms with Gasteiger partial charge in [-0.25, -0.2) is 9.78 Å².